The summed E-state index contributed by atoms with van der Waals surface area (Å²) in [6, 6.07) is 3.46. The lowest BCUT2D eigenvalue weighted by molar-refractivity contribution is -0.384. The standard InChI is InChI=1S/C19H23N3O6/c1-3-28-19(25)13-5-4-8-20(11-13)16-10-17(23)21(18(16)24)15-9-14(22(26)27)7-6-12(15)2/h6-7,9,13,16H,3-5,8,10-11H2,1-2H3/t13-,16-/m0/s1. The first kappa shape index (κ1) is 19.9. The predicted octanol–water partition coefficient (Wildman–Crippen LogP) is 1.81. The van der Waals surface area contributed by atoms with E-state index in [0.717, 1.165) is 11.3 Å². The SMILES string of the molecule is CCOC(=O)[C@H]1CCCN([C@H]2CC(=O)N(c3cc([N+](=O)[O-])ccc3C)C2=O)C1. The lowest BCUT2D eigenvalue weighted by atomic mass is 9.96. The summed E-state index contributed by atoms with van der Waals surface area (Å²) in [6.07, 6.45) is 1.42. The highest BCUT2D eigenvalue weighted by Crippen LogP contribution is 2.32. The molecule has 3 rings (SSSR count). The molecular weight excluding hydrogens is 366 g/mol. The molecule has 2 heterocycles. The quantitative estimate of drug-likeness (QED) is 0.327. The predicted molar refractivity (Wildman–Crippen MR) is 99.7 cm³/mol. The Morgan fingerprint density at radius 2 is 2.11 bits per heavy atom. The number of carbonyl (C=O) groups is 3. The molecule has 0 N–H and O–H groups in total. The van der Waals surface area contributed by atoms with Crippen LogP contribution >= 0.6 is 0 Å². The molecule has 9 heteroatoms. The van der Waals surface area contributed by atoms with E-state index in [1.54, 1.807) is 13.8 Å². The molecule has 0 spiro atoms. The van der Waals surface area contributed by atoms with Crippen molar-refractivity contribution in [3.05, 3.63) is 33.9 Å². The minimum atomic E-state index is -0.664. The van der Waals surface area contributed by atoms with Gasteiger partial charge in [0.15, 0.2) is 0 Å². The lowest BCUT2D eigenvalue weighted by Gasteiger charge is -2.34. The van der Waals surface area contributed by atoms with Gasteiger partial charge >= 0.3 is 5.97 Å². The monoisotopic (exact) mass is 389 g/mol. The molecule has 2 fully saturated rings. The number of esters is 1. The van der Waals surface area contributed by atoms with Gasteiger partial charge in [-0.15, -0.1) is 0 Å². The topological polar surface area (TPSA) is 110 Å². The molecule has 1 aromatic rings. The summed E-state index contributed by atoms with van der Waals surface area (Å²) in [4.78, 5) is 51.1. The first-order chi connectivity index (χ1) is 13.3. The number of non-ortho nitro benzene ring substituents is 1. The van der Waals surface area contributed by atoms with E-state index in [-0.39, 0.29) is 29.7 Å². The molecule has 2 saturated heterocycles. The molecular formula is C19H23N3O6. The Hall–Kier alpha value is -2.81. The van der Waals surface area contributed by atoms with Gasteiger partial charge in [0.25, 0.3) is 11.6 Å². The van der Waals surface area contributed by atoms with E-state index in [1.807, 2.05) is 4.90 Å². The van der Waals surface area contributed by atoms with Gasteiger partial charge in [0.2, 0.25) is 5.91 Å². The van der Waals surface area contributed by atoms with Crippen LogP contribution in [0.5, 0.6) is 0 Å². The van der Waals surface area contributed by atoms with Crippen molar-refractivity contribution >= 4 is 29.2 Å². The smallest absolute Gasteiger partial charge is 0.310 e. The van der Waals surface area contributed by atoms with E-state index >= 15 is 0 Å². The Balaban J connectivity index is 1.81. The second kappa shape index (κ2) is 8.05. The van der Waals surface area contributed by atoms with Crippen LogP contribution in [0.25, 0.3) is 0 Å². The first-order valence-corrected chi connectivity index (χ1v) is 9.36. The molecule has 0 radical (unpaired) electrons. The van der Waals surface area contributed by atoms with Gasteiger partial charge in [-0.05, 0) is 38.8 Å². The number of likely N-dealkylation sites (tertiary alicyclic amines) is 1. The number of imide groups is 1. The number of nitrogens with zero attached hydrogens (tertiary/aromatic N) is 3. The Kier molecular flexibility index (Phi) is 5.73. The molecule has 2 amide bonds. The molecule has 28 heavy (non-hydrogen) atoms. The van der Waals surface area contributed by atoms with Crippen LogP contribution in [0, 0.1) is 23.0 Å². The molecule has 1 aromatic carbocycles. The Labute approximate surface area is 162 Å². The maximum Gasteiger partial charge on any atom is 0.310 e. The minimum Gasteiger partial charge on any atom is -0.466 e. The zero-order valence-electron chi connectivity index (χ0n) is 15.9. The van der Waals surface area contributed by atoms with Crippen LogP contribution in [0.3, 0.4) is 0 Å². The van der Waals surface area contributed by atoms with Crippen molar-refractivity contribution in [1.82, 2.24) is 4.90 Å². The van der Waals surface area contributed by atoms with E-state index in [0.29, 0.717) is 31.7 Å². The summed E-state index contributed by atoms with van der Waals surface area (Å²) in [5.41, 5.74) is 0.673. The third-order valence-corrected chi connectivity index (χ3v) is 5.28. The van der Waals surface area contributed by atoms with Crippen LogP contribution in [-0.4, -0.2) is 53.3 Å². The number of aryl methyl sites for hydroxylation is 1. The second-order valence-corrected chi connectivity index (χ2v) is 7.10. The van der Waals surface area contributed by atoms with Gasteiger partial charge in [-0.3, -0.25) is 29.4 Å². The molecule has 0 bridgehead atoms. The highest BCUT2D eigenvalue weighted by Gasteiger charge is 2.45. The van der Waals surface area contributed by atoms with Crippen molar-refractivity contribution in [3.63, 3.8) is 0 Å². The van der Waals surface area contributed by atoms with Crippen LogP contribution < -0.4 is 4.90 Å². The number of rotatable bonds is 5. The molecule has 0 aliphatic carbocycles. The van der Waals surface area contributed by atoms with Gasteiger partial charge in [0.05, 0.1) is 35.6 Å². The maximum atomic E-state index is 13.0. The van der Waals surface area contributed by atoms with Crippen molar-refractivity contribution < 1.29 is 24.0 Å². The molecule has 2 atom stereocenters. The Morgan fingerprint density at radius 1 is 1.36 bits per heavy atom. The Morgan fingerprint density at radius 3 is 2.79 bits per heavy atom. The van der Waals surface area contributed by atoms with Crippen molar-refractivity contribution in [2.45, 2.75) is 39.2 Å². The van der Waals surface area contributed by atoms with Crippen LogP contribution in [0.4, 0.5) is 11.4 Å². The zero-order valence-corrected chi connectivity index (χ0v) is 15.9. The summed E-state index contributed by atoms with van der Waals surface area (Å²) in [5, 5.41) is 11.1. The molecule has 0 saturated carbocycles. The van der Waals surface area contributed by atoms with E-state index < -0.39 is 22.8 Å². The molecule has 2 aliphatic rings. The number of nitro groups is 1. The Bertz CT molecular complexity index is 824. The van der Waals surface area contributed by atoms with Crippen LogP contribution in [0.2, 0.25) is 0 Å². The first-order valence-electron chi connectivity index (χ1n) is 9.36. The number of amides is 2. The lowest BCUT2D eigenvalue weighted by Crippen LogP contribution is -2.48. The largest absolute Gasteiger partial charge is 0.466 e. The number of hydrogen-bond acceptors (Lipinski definition) is 7. The van der Waals surface area contributed by atoms with Crippen LogP contribution in [0.1, 0.15) is 31.7 Å². The maximum absolute atomic E-state index is 13.0. The number of ether oxygens (including phenoxy) is 1. The summed E-state index contributed by atoms with van der Waals surface area (Å²) in [7, 11) is 0. The fourth-order valence-corrected chi connectivity index (χ4v) is 3.85. The number of benzene rings is 1. The third kappa shape index (κ3) is 3.75. The van der Waals surface area contributed by atoms with Crippen LogP contribution in [0.15, 0.2) is 18.2 Å². The average Bonchev–Trinajstić information content (AvgIpc) is 2.96. The molecule has 9 nitrogen and oxygen atoms in total. The zero-order chi connectivity index (χ0) is 20.4. The fourth-order valence-electron chi connectivity index (χ4n) is 3.85. The normalized spacial score (nSPS) is 23.1. The minimum absolute atomic E-state index is 0.00346. The number of nitro benzene ring substituents is 1. The van der Waals surface area contributed by atoms with Gasteiger partial charge in [-0.1, -0.05) is 6.07 Å². The van der Waals surface area contributed by atoms with Gasteiger partial charge in [0.1, 0.15) is 0 Å². The molecule has 150 valence electrons. The fraction of sp³-hybridized carbons (Fsp3) is 0.526. The van der Waals surface area contributed by atoms with Crippen molar-refractivity contribution in [2.24, 2.45) is 5.92 Å². The molecule has 2 aliphatic heterocycles. The second-order valence-electron chi connectivity index (χ2n) is 7.10. The third-order valence-electron chi connectivity index (χ3n) is 5.28. The van der Waals surface area contributed by atoms with E-state index in [4.69, 9.17) is 4.74 Å². The summed E-state index contributed by atoms with van der Waals surface area (Å²) in [6.45, 7) is 4.73. The van der Waals surface area contributed by atoms with E-state index in [1.165, 1.54) is 18.2 Å². The summed E-state index contributed by atoms with van der Waals surface area (Å²) in [5.74, 6) is -1.39. The van der Waals surface area contributed by atoms with Gasteiger partial charge in [-0.2, -0.15) is 0 Å². The van der Waals surface area contributed by atoms with Gasteiger partial charge in [0, 0.05) is 18.7 Å². The van der Waals surface area contributed by atoms with Crippen molar-refractivity contribution in [3.8, 4) is 0 Å². The number of hydrogen-bond donors (Lipinski definition) is 0. The van der Waals surface area contributed by atoms with E-state index in [2.05, 4.69) is 0 Å². The molecule has 0 aromatic heterocycles. The highest BCUT2D eigenvalue weighted by atomic mass is 16.6. The summed E-state index contributed by atoms with van der Waals surface area (Å²) < 4.78 is 5.09. The summed E-state index contributed by atoms with van der Waals surface area (Å²) >= 11 is 0. The average molecular weight is 389 g/mol. The highest BCUT2D eigenvalue weighted by molar-refractivity contribution is 6.22. The van der Waals surface area contributed by atoms with Gasteiger partial charge in [-0.25, -0.2) is 4.90 Å². The molecule has 0 unspecified atom stereocenters. The number of piperidine rings is 1. The van der Waals surface area contributed by atoms with Crippen molar-refractivity contribution in [2.75, 3.05) is 24.6 Å². The number of carbonyl (C=O) groups excluding carboxylic acids is 3. The van der Waals surface area contributed by atoms with Crippen LogP contribution in [-0.2, 0) is 19.1 Å². The van der Waals surface area contributed by atoms with Crippen molar-refractivity contribution in [1.29, 1.82) is 0 Å². The number of anilines is 1. The van der Waals surface area contributed by atoms with Gasteiger partial charge < -0.3 is 4.74 Å². The van der Waals surface area contributed by atoms with E-state index in [9.17, 15) is 24.5 Å².